The Morgan fingerprint density at radius 3 is 2.25 bits per heavy atom. The molecular formula is C18H23NO. The van der Waals surface area contributed by atoms with Gasteiger partial charge in [0, 0.05) is 17.8 Å². The molecule has 0 heterocycles. The van der Waals surface area contributed by atoms with Gasteiger partial charge in [-0.3, -0.25) is 0 Å². The van der Waals surface area contributed by atoms with Gasteiger partial charge in [0.2, 0.25) is 0 Å². The van der Waals surface area contributed by atoms with Gasteiger partial charge in [-0.2, -0.15) is 0 Å². The second kappa shape index (κ2) is 6.10. The van der Waals surface area contributed by atoms with E-state index in [1.54, 1.807) is 0 Å². The van der Waals surface area contributed by atoms with E-state index in [1.165, 1.54) is 5.56 Å². The van der Waals surface area contributed by atoms with Crippen LogP contribution in [-0.4, -0.2) is 17.3 Å². The summed E-state index contributed by atoms with van der Waals surface area (Å²) in [4.78, 5) is 0. The third kappa shape index (κ3) is 3.40. The maximum atomic E-state index is 10.4. The Hall–Kier alpha value is -1.80. The van der Waals surface area contributed by atoms with E-state index in [-0.39, 0.29) is 5.92 Å². The first-order valence-electron chi connectivity index (χ1n) is 7.11. The maximum absolute atomic E-state index is 10.4. The van der Waals surface area contributed by atoms with Crippen molar-refractivity contribution in [2.75, 3.05) is 11.9 Å². The molecule has 20 heavy (non-hydrogen) atoms. The van der Waals surface area contributed by atoms with Crippen molar-refractivity contribution in [2.24, 2.45) is 5.92 Å². The van der Waals surface area contributed by atoms with Gasteiger partial charge in [-0.25, -0.2) is 0 Å². The van der Waals surface area contributed by atoms with Crippen LogP contribution >= 0.6 is 0 Å². The fourth-order valence-electron chi connectivity index (χ4n) is 1.99. The summed E-state index contributed by atoms with van der Waals surface area (Å²) in [6, 6.07) is 18.5. The molecule has 0 saturated heterocycles. The number of para-hydroxylation sites is 1. The number of anilines is 1. The molecule has 0 fully saturated rings. The van der Waals surface area contributed by atoms with Crippen LogP contribution in [0.1, 0.15) is 20.8 Å². The van der Waals surface area contributed by atoms with Crippen molar-refractivity contribution in [3.63, 3.8) is 0 Å². The van der Waals surface area contributed by atoms with Gasteiger partial charge in [0.1, 0.15) is 0 Å². The topological polar surface area (TPSA) is 32.3 Å². The minimum Gasteiger partial charge on any atom is -0.388 e. The largest absolute Gasteiger partial charge is 0.388 e. The van der Waals surface area contributed by atoms with Gasteiger partial charge in [0.05, 0.1) is 5.60 Å². The molecule has 2 nitrogen and oxygen atoms in total. The molecule has 2 aromatic carbocycles. The average molecular weight is 269 g/mol. The highest BCUT2D eigenvalue weighted by atomic mass is 16.3. The Bertz CT molecular complexity index is 546. The van der Waals surface area contributed by atoms with Crippen molar-refractivity contribution in [3.8, 4) is 11.1 Å². The monoisotopic (exact) mass is 269 g/mol. The highest BCUT2D eigenvalue weighted by molar-refractivity contribution is 5.77. The molecule has 0 aliphatic carbocycles. The summed E-state index contributed by atoms with van der Waals surface area (Å²) in [5, 5.41) is 13.7. The van der Waals surface area contributed by atoms with E-state index in [2.05, 4.69) is 29.6 Å². The molecule has 106 valence electrons. The first-order valence-corrected chi connectivity index (χ1v) is 7.11. The molecule has 0 aliphatic heterocycles. The molecule has 0 aliphatic rings. The van der Waals surface area contributed by atoms with Crippen molar-refractivity contribution in [1.29, 1.82) is 0 Å². The predicted molar refractivity (Wildman–Crippen MR) is 85.8 cm³/mol. The summed E-state index contributed by atoms with van der Waals surface area (Å²) in [7, 11) is 0. The van der Waals surface area contributed by atoms with Crippen LogP contribution in [0.3, 0.4) is 0 Å². The van der Waals surface area contributed by atoms with Crippen LogP contribution in [0.15, 0.2) is 54.6 Å². The number of nitrogens with one attached hydrogen (secondary N) is 1. The summed E-state index contributed by atoms with van der Waals surface area (Å²) in [5.74, 6) is 0.207. The van der Waals surface area contributed by atoms with Crippen LogP contribution in [0.4, 0.5) is 5.69 Å². The summed E-state index contributed by atoms with van der Waals surface area (Å²) >= 11 is 0. The molecule has 0 aromatic heterocycles. The van der Waals surface area contributed by atoms with Crippen molar-refractivity contribution in [1.82, 2.24) is 0 Å². The number of benzene rings is 2. The lowest BCUT2D eigenvalue weighted by Crippen LogP contribution is -2.38. The van der Waals surface area contributed by atoms with Gasteiger partial charge in [0.25, 0.3) is 0 Å². The molecule has 0 saturated carbocycles. The Balaban J connectivity index is 2.22. The summed E-state index contributed by atoms with van der Waals surface area (Å²) in [6.45, 7) is 6.47. The van der Waals surface area contributed by atoms with Crippen LogP contribution in [0.25, 0.3) is 11.1 Å². The molecule has 2 aromatic rings. The normalized spacial score (nSPS) is 14.1. The number of hydrogen-bond donors (Lipinski definition) is 2. The van der Waals surface area contributed by atoms with E-state index < -0.39 is 5.60 Å². The predicted octanol–water partition coefficient (Wildman–Crippen LogP) is 4.17. The number of rotatable bonds is 5. The SMILES string of the molecule is CC(C)C(C)(O)CNc1ccccc1-c1ccccc1. The number of aliphatic hydroxyl groups is 1. The van der Waals surface area contributed by atoms with Crippen molar-refractivity contribution in [2.45, 2.75) is 26.4 Å². The molecule has 2 rings (SSSR count). The van der Waals surface area contributed by atoms with Gasteiger partial charge in [-0.1, -0.05) is 62.4 Å². The van der Waals surface area contributed by atoms with Crippen molar-refractivity contribution < 1.29 is 5.11 Å². The zero-order valence-electron chi connectivity index (χ0n) is 12.4. The molecule has 0 bridgehead atoms. The highest BCUT2D eigenvalue weighted by Gasteiger charge is 2.24. The quantitative estimate of drug-likeness (QED) is 0.853. The average Bonchev–Trinajstić information content (AvgIpc) is 2.46. The fourth-order valence-corrected chi connectivity index (χ4v) is 1.99. The Labute approximate surface area is 121 Å². The van der Waals surface area contributed by atoms with E-state index in [4.69, 9.17) is 0 Å². The van der Waals surface area contributed by atoms with Crippen molar-refractivity contribution in [3.05, 3.63) is 54.6 Å². The van der Waals surface area contributed by atoms with E-state index in [0.29, 0.717) is 6.54 Å². The smallest absolute Gasteiger partial charge is 0.0813 e. The first-order chi connectivity index (χ1) is 9.50. The lowest BCUT2D eigenvalue weighted by Gasteiger charge is -2.28. The van der Waals surface area contributed by atoms with Gasteiger partial charge in [-0.05, 0) is 24.5 Å². The molecule has 0 spiro atoms. The summed E-state index contributed by atoms with van der Waals surface area (Å²) < 4.78 is 0. The van der Waals surface area contributed by atoms with Gasteiger partial charge in [0.15, 0.2) is 0 Å². The molecule has 1 atom stereocenters. The third-order valence-corrected chi connectivity index (χ3v) is 3.89. The van der Waals surface area contributed by atoms with E-state index in [0.717, 1.165) is 11.3 Å². The first kappa shape index (κ1) is 14.6. The minimum absolute atomic E-state index is 0.207. The third-order valence-electron chi connectivity index (χ3n) is 3.89. The van der Waals surface area contributed by atoms with Crippen molar-refractivity contribution >= 4 is 5.69 Å². The minimum atomic E-state index is -0.718. The summed E-state index contributed by atoms with van der Waals surface area (Å²) in [5.41, 5.74) is 2.68. The fraction of sp³-hybridized carbons (Fsp3) is 0.333. The maximum Gasteiger partial charge on any atom is 0.0813 e. The highest BCUT2D eigenvalue weighted by Crippen LogP contribution is 2.28. The molecule has 1 unspecified atom stereocenters. The second-order valence-electron chi connectivity index (χ2n) is 5.78. The van der Waals surface area contributed by atoms with Gasteiger partial charge < -0.3 is 10.4 Å². The zero-order chi connectivity index (χ0) is 14.6. The Morgan fingerprint density at radius 2 is 1.60 bits per heavy atom. The number of hydrogen-bond acceptors (Lipinski definition) is 2. The van der Waals surface area contributed by atoms with E-state index >= 15 is 0 Å². The Morgan fingerprint density at radius 1 is 1.00 bits per heavy atom. The van der Waals surface area contributed by atoms with Gasteiger partial charge in [-0.15, -0.1) is 0 Å². The van der Waals surface area contributed by atoms with Crippen LogP contribution in [-0.2, 0) is 0 Å². The second-order valence-corrected chi connectivity index (χ2v) is 5.78. The molecular weight excluding hydrogens is 246 g/mol. The van der Waals surface area contributed by atoms with Crippen LogP contribution in [0, 0.1) is 5.92 Å². The standard InChI is InChI=1S/C18H23NO/c1-14(2)18(3,20)13-19-17-12-8-7-11-16(17)15-9-5-4-6-10-15/h4-12,14,19-20H,13H2,1-3H3. The molecule has 0 amide bonds. The lowest BCUT2D eigenvalue weighted by molar-refractivity contribution is 0.0266. The zero-order valence-corrected chi connectivity index (χ0v) is 12.4. The summed E-state index contributed by atoms with van der Waals surface area (Å²) in [6.07, 6.45) is 0. The molecule has 0 radical (unpaired) electrons. The van der Waals surface area contributed by atoms with Gasteiger partial charge >= 0.3 is 0 Å². The van der Waals surface area contributed by atoms with Crippen LogP contribution in [0.2, 0.25) is 0 Å². The lowest BCUT2D eigenvalue weighted by atomic mass is 9.92. The Kier molecular flexibility index (Phi) is 4.46. The van der Waals surface area contributed by atoms with E-state index in [9.17, 15) is 5.11 Å². The van der Waals surface area contributed by atoms with Crippen LogP contribution < -0.4 is 5.32 Å². The molecule has 2 N–H and O–H groups in total. The van der Waals surface area contributed by atoms with E-state index in [1.807, 2.05) is 51.1 Å². The molecule has 2 heteroatoms. The van der Waals surface area contributed by atoms with Crippen LogP contribution in [0.5, 0.6) is 0 Å².